The zero-order valence-electron chi connectivity index (χ0n) is 76.8. The Hall–Kier alpha value is -8.10. The minimum absolute atomic E-state index is 0. The van der Waals surface area contributed by atoms with Crippen LogP contribution in [0.25, 0.3) is 21.9 Å². The third-order valence-electron chi connectivity index (χ3n) is 20.6. The molecular formula is C106H175F3O11. The van der Waals surface area contributed by atoms with Crippen LogP contribution in [-0.2, 0) is 63.2 Å². The van der Waals surface area contributed by atoms with Crippen LogP contribution in [-0.4, -0.2) is 84.3 Å². The maximum atomic E-state index is 11.5. The zero-order valence-corrected chi connectivity index (χ0v) is 76.8. The number of rotatable bonds is 25. The quantitative estimate of drug-likeness (QED) is 0.0307. The van der Waals surface area contributed by atoms with Gasteiger partial charge in [0.25, 0.3) is 0 Å². The molecule has 0 radical (unpaired) electrons. The number of alkyl halides is 3. The second kappa shape index (κ2) is 72.5. The summed E-state index contributed by atoms with van der Waals surface area (Å²) < 4.78 is 61.5. The van der Waals surface area contributed by atoms with Gasteiger partial charge < -0.3 is 28.4 Å². The number of carbonyl (C=O) groups excluding carboxylic acids is 5. The van der Waals surface area contributed by atoms with E-state index in [1.165, 1.54) is 121 Å². The Morgan fingerprint density at radius 2 is 0.550 bits per heavy atom. The fourth-order valence-corrected chi connectivity index (χ4v) is 9.83. The van der Waals surface area contributed by atoms with Gasteiger partial charge in [-0.2, -0.15) is 13.2 Å². The van der Waals surface area contributed by atoms with Gasteiger partial charge in [0, 0.05) is 7.11 Å². The molecule has 7 aromatic carbocycles. The normalized spacial score (nSPS) is 12.7. The molecule has 0 N–H and O–H groups in total. The third kappa shape index (κ3) is 57.2. The molecule has 0 aliphatic rings. The number of esters is 5. The van der Waals surface area contributed by atoms with E-state index < -0.39 is 24.7 Å². The molecular weight excluding hydrogens is 1510 g/mol. The van der Waals surface area contributed by atoms with E-state index in [9.17, 15) is 37.1 Å². The van der Waals surface area contributed by atoms with E-state index in [-0.39, 0.29) is 95.5 Å². The van der Waals surface area contributed by atoms with E-state index in [1.54, 1.807) is 14.0 Å². The van der Waals surface area contributed by atoms with Gasteiger partial charge >= 0.3 is 36.0 Å². The van der Waals surface area contributed by atoms with Gasteiger partial charge in [0.1, 0.15) is 6.61 Å². The minimum atomic E-state index is -4.43. The van der Waals surface area contributed by atoms with Gasteiger partial charge in [-0.05, 0) is 165 Å². The molecule has 7 aromatic rings. The lowest BCUT2D eigenvalue weighted by Gasteiger charge is -2.20. The summed E-state index contributed by atoms with van der Waals surface area (Å²) in [4.78, 5) is 53.2. The summed E-state index contributed by atoms with van der Waals surface area (Å²) in [5, 5.41) is 2.69. The van der Waals surface area contributed by atoms with Crippen molar-refractivity contribution in [2.75, 3.05) is 48.3 Å². The molecule has 7 rings (SSSR count). The Labute approximate surface area is 734 Å². The molecule has 11 nitrogen and oxygen atoms in total. The molecule has 10 atom stereocenters. The molecule has 0 amide bonds. The number of halogens is 3. The number of fused-ring (bicyclic) bond motifs is 1. The van der Waals surface area contributed by atoms with Gasteiger partial charge in [0.15, 0.2) is 6.61 Å². The summed E-state index contributed by atoms with van der Waals surface area (Å²) in [5.74, 6) is 1.82. The molecule has 14 heteroatoms. The summed E-state index contributed by atoms with van der Waals surface area (Å²) >= 11 is 0. The van der Waals surface area contributed by atoms with Gasteiger partial charge in [-0.15, -0.1) is 0 Å². The largest absolute Gasteiger partial charge is 0.469 e. The molecule has 0 aliphatic heterocycles. The highest BCUT2D eigenvalue weighted by Gasteiger charge is 2.30. The lowest BCUT2D eigenvalue weighted by atomic mass is 9.85. The Bertz CT molecular complexity index is 3480. The van der Waals surface area contributed by atoms with E-state index >= 15 is 0 Å². The van der Waals surface area contributed by atoms with Crippen LogP contribution in [0, 0.1) is 29.6 Å². The first kappa shape index (κ1) is 127. The third-order valence-corrected chi connectivity index (χ3v) is 20.6. The predicted molar refractivity (Wildman–Crippen MR) is 513 cm³/mol. The summed E-state index contributed by atoms with van der Waals surface area (Å²) in [7, 11) is 5.81. The Kier molecular flexibility index (Phi) is 77.0. The standard InChI is InChI=1S/C16H18.C14H16.2C14H22.C10H14.C8H16O3.C7H11F3O2.3C6H12O2.5CH4/c1-3-13(2)14-9-11-16(12-10-14)15-7-5-4-6-8-15;1-3-11(2)13-9-8-12-6-4-5-7-14(12)10-13;2*1-6-11(2)12-7-9-13(10-8-12)14(3,4)5;1-3-9(2)10-7-5-4-6-8-10;1-4-7(2)8(9)11-6-5-10-3;1-3-5(2)6(11)12-4-7(8,9)10;3*1-4-5(2)6(7)8-3;;;;;/h4-13H,3H2,1-2H3;4-11H,3H2,1-2H3;2*7-11H,6H2,1-5H3;4-9H,3H2,1-2H3;7H,4-6H2,1-3H3;5H,3-4H2,1-2H3;3*5H,4H2,1-3H3;5*1H4. The van der Waals surface area contributed by atoms with Crippen LogP contribution in [0.2, 0.25) is 0 Å². The molecule has 0 heterocycles. The van der Waals surface area contributed by atoms with Crippen LogP contribution in [0.3, 0.4) is 0 Å². The van der Waals surface area contributed by atoms with Gasteiger partial charge in [0.05, 0.1) is 57.5 Å². The van der Waals surface area contributed by atoms with E-state index in [0.29, 0.717) is 49.2 Å². The highest BCUT2D eigenvalue weighted by molar-refractivity contribution is 5.83. The molecule has 0 fully saturated rings. The molecule has 120 heavy (non-hydrogen) atoms. The van der Waals surface area contributed by atoms with Crippen molar-refractivity contribution < 1.29 is 65.6 Å². The van der Waals surface area contributed by atoms with E-state index in [0.717, 1.165) is 25.7 Å². The zero-order chi connectivity index (χ0) is 88.5. The number of ether oxygens (including phenoxy) is 6. The van der Waals surface area contributed by atoms with Crippen LogP contribution in [0.15, 0.2) is 176 Å². The van der Waals surface area contributed by atoms with Crippen LogP contribution in [0.1, 0.15) is 350 Å². The highest BCUT2D eigenvalue weighted by Crippen LogP contribution is 2.29. The summed E-state index contributed by atoms with van der Waals surface area (Å²) in [6.45, 7) is 53.9. The maximum Gasteiger partial charge on any atom is 0.422 e. The number of benzene rings is 7. The van der Waals surface area contributed by atoms with Crippen molar-refractivity contribution in [3.05, 3.63) is 215 Å². The average Bonchev–Trinajstić information content (AvgIpc) is 0.856. The van der Waals surface area contributed by atoms with Crippen molar-refractivity contribution in [1.82, 2.24) is 0 Å². The highest BCUT2D eigenvalue weighted by atomic mass is 19.4. The number of hydrogen-bond acceptors (Lipinski definition) is 11. The van der Waals surface area contributed by atoms with Crippen LogP contribution in [0.4, 0.5) is 13.2 Å². The SMILES string of the molecule is C.C.C.C.C.CCC(C)C(=O)OC.CCC(C)C(=O)OC.CCC(C)C(=O)OC.CCC(C)C(=O)OCC(F)(F)F.CCC(C)C(=O)OCCOC.CCC(C)c1ccc(-c2ccccc2)cc1.CCC(C)c1ccc(C(C)(C)C)cc1.CCC(C)c1ccc(C(C)(C)C)cc1.CCC(C)c1ccc2ccccc2c1.CCC(C)c1ccccc1. The Morgan fingerprint density at radius 1 is 0.292 bits per heavy atom. The van der Waals surface area contributed by atoms with Gasteiger partial charge in [-0.1, -0.05) is 393 Å². The maximum absolute atomic E-state index is 11.5. The number of hydrogen-bond donors (Lipinski definition) is 0. The molecule has 0 aromatic heterocycles. The number of carbonyl (C=O) groups is 5. The summed E-state index contributed by atoms with van der Waals surface area (Å²) in [6, 6.07) is 63.5. The fraction of sp³-hybridized carbons (Fsp3) is 0.575. The Balaban J connectivity index is -0.000000194. The molecule has 0 spiro atoms. The first-order chi connectivity index (χ1) is 54.1. The second-order valence-electron chi connectivity index (χ2n) is 31.8. The van der Waals surface area contributed by atoms with Gasteiger partial charge in [-0.3, -0.25) is 24.0 Å². The van der Waals surface area contributed by atoms with Crippen molar-refractivity contribution in [3.63, 3.8) is 0 Å². The van der Waals surface area contributed by atoms with Crippen LogP contribution >= 0.6 is 0 Å². The lowest BCUT2D eigenvalue weighted by Crippen LogP contribution is -2.23. The Morgan fingerprint density at radius 3 is 0.833 bits per heavy atom. The van der Waals surface area contributed by atoms with Crippen LogP contribution in [0.5, 0.6) is 0 Å². The summed E-state index contributed by atoms with van der Waals surface area (Å²) in [5.41, 5.74) is 13.2. The van der Waals surface area contributed by atoms with Crippen molar-refractivity contribution in [2.45, 2.75) is 328 Å². The van der Waals surface area contributed by atoms with Gasteiger partial charge in [0.2, 0.25) is 0 Å². The van der Waals surface area contributed by atoms with Crippen molar-refractivity contribution in [3.8, 4) is 11.1 Å². The second-order valence-corrected chi connectivity index (χ2v) is 31.8. The molecule has 10 unspecified atom stereocenters. The van der Waals surface area contributed by atoms with Crippen molar-refractivity contribution >= 4 is 40.6 Å². The van der Waals surface area contributed by atoms with Gasteiger partial charge in [-0.25, -0.2) is 0 Å². The molecule has 0 bridgehead atoms. The van der Waals surface area contributed by atoms with Crippen molar-refractivity contribution in [2.24, 2.45) is 29.6 Å². The first-order valence-corrected chi connectivity index (χ1v) is 42.1. The topological polar surface area (TPSA) is 141 Å². The smallest absolute Gasteiger partial charge is 0.422 e. The average molecular weight is 1680 g/mol. The lowest BCUT2D eigenvalue weighted by molar-refractivity contribution is -0.188. The minimum Gasteiger partial charge on any atom is -0.469 e. The van der Waals surface area contributed by atoms with Crippen LogP contribution < -0.4 is 0 Å². The van der Waals surface area contributed by atoms with E-state index in [4.69, 9.17) is 9.47 Å². The monoisotopic (exact) mass is 1680 g/mol. The summed E-state index contributed by atoms with van der Waals surface area (Å²) in [6.07, 6.45) is 5.51. The molecule has 0 aliphatic carbocycles. The molecule has 0 saturated carbocycles. The van der Waals surface area contributed by atoms with Crippen molar-refractivity contribution in [1.29, 1.82) is 0 Å². The fourth-order valence-electron chi connectivity index (χ4n) is 9.83. The predicted octanol–water partition coefficient (Wildman–Crippen LogP) is 31.6. The first-order valence-electron chi connectivity index (χ1n) is 42.1. The number of methoxy groups -OCH3 is 4. The molecule has 0 saturated heterocycles. The van der Waals surface area contributed by atoms with E-state index in [2.05, 4.69) is 306 Å². The van der Waals surface area contributed by atoms with E-state index in [1.807, 2.05) is 55.4 Å². The molecule has 686 valence electrons.